The van der Waals surface area contributed by atoms with E-state index in [9.17, 15) is 19.5 Å². The maximum absolute atomic E-state index is 13.2. The normalized spacial score (nSPS) is 16.5. The summed E-state index contributed by atoms with van der Waals surface area (Å²) in [6.07, 6.45) is -0.658. The molecule has 180 valence electrons. The Kier molecular flexibility index (Phi) is 6.30. The molecule has 2 unspecified atom stereocenters. The number of hydrogen-bond donors (Lipinski definition) is 2. The number of nitrogens with one attached hydrogen (secondary N) is 1. The topological polar surface area (TPSA) is 95.9 Å². The molecule has 2 aromatic carbocycles. The van der Waals surface area contributed by atoms with Crippen molar-refractivity contribution < 1.29 is 24.2 Å². The number of rotatable bonds is 7. The van der Waals surface area contributed by atoms with Crippen molar-refractivity contribution in [3.05, 3.63) is 82.0 Å². The van der Waals surface area contributed by atoms with Gasteiger partial charge in [-0.05, 0) is 33.7 Å². The van der Waals surface area contributed by atoms with Gasteiger partial charge in [0.2, 0.25) is 0 Å². The highest BCUT2D eigenvalue weighted by molar-refractivity contribution is 7.10. The molecule has 1 fully saturated rings. The van der Waals surface area contributed by atoms with Crippen LogP contribution in [0.4, 0.5) is 4.79 Å². The third-order valence-corrected chi connectivity index (χ3v) is 7.94. The number of alkyl carbamates (subject to hydrolysis) is 1. The summed E-state index contributed by atoms with van der Waals surface area (Å²) >= 11 is 1.38. The number of ether oxygens (including phenoxy) is 1. The van der Waals surface area contributed by atoms with Gasteiger partial charge in [0.25, 0.3) is 5.91 Å². The van der Waals surface area contributed by atoms with Gasteiger partial charge in [-0.2, -0.15) is 0 Å². The van der Waals surface area contributed by atoms with Gasteiger partial charge in [-0.15, -0.1) is 11.3 Å². The number of carbonyl (C=O) groups is 3. The quantitative estimate of drug-likeness (QED) is 0.508. The molecule has 0 saturated carbocycles. The minimum atomic E-state index is -0.869. The molecule has 1 saturated heterocycles. The number of nitrogens with zero attached hydrogens (tertiary/aromatic N) is 1. The van der Waals surface area contributed by atoms with E-state index >= 15 is 0 Å². The molecule has 8 heteroatoms. The van der Waals surface area contributed by atoms with Crippen LogP contribution in [-0.2, 0) is 14.3 Å². The fourth-order valence-corrected chi connectivity index (χ4v) is 5.63. The van der Waals surface area contributed by atoms with E-state index in [1.54, 1.807) is 17.9 Å². The van der Waals surface area contributed by atoms with E-state index in [0.717, 1.165) is 22.3 Å². The largest absolute Gasteiger partial charge is 0.481 e. The Balaban J connectivity index is 1.25. The number of carbonyl (C=O) groups excluding carboxylic acids is 2. The van der Waals surface area contributed by atoms with E-state index < -0.39 is 24.0 Å². The Morgan fingerprint density at radius 3 is 2.23 bits per heavy atom. The van der Waals surface area contributed by atoms with Crippen LogP contribution >= 0.6 is 11.3 Å². The first-order chi connectivity index (χ1) is 16.9. The average Bonchev–Trinajstić information content (AvgIpc) is 3.47. The molecule has 3 aromatic rings. The molecule has 1 aliphatic carbocycles. The van der Waals surface area contributed by atoms with Gasteiger partial charge in [-0.25, -0.2) is 4.79 Å². The second kappa shape index (κ2) is 9.54. The Hall–Kier alpha value is -3.65. The predicted octanol–water partition coefficient (Wildman–Crippen LogP) is 4.51. The Labute approximate surface area is 207 Å². The first kappa shape index (κ1) is 23.1. The zero-order valence-corrected chi connectivity index (χ0v) is 20.0. The first-order valence-corrected chi connectivity index (χ1v) is 12.5. The van der Waals surface area contributed by atoms with Crippen molar-refractivity contribution in [2.24, 2.45) is 11.8 Å². The highest BCUT2D eigenvalue weighted by atomic mass is 32.1. The fraction of sp³-hybridized carbons (Fsp3) is 0.296. The second-order valence-electron chi connectivity index (χ2n) is 9.05. The molecule has 5 rings (SSSR count). The summed E-state index contributed by atoms with van der Waals surface area (Å²) in [7, 11) is 0. The molecular weight excluding hydrogens is 464 g/mol. The lowest BCUT2D eigenvalue weighted by atomic mass is 9.86. The van der Waals surface area contributed by atoms with Gasteiger partial charge in [0.1, 0.15) is 12.6 Å². The van der Waals surface area contributed by atoms with Crippen LogP contribution in [0.25, 0.3) is 11.1 Å². The van der Waals surface area contributed by atoms with Crippen LogP contribution in [0.15, 0.2) is 66.0 Å². The predicted molar refractivity (Wildman–Crippen MR) is 132 cm³/mol. The lowest BCUT2D eigenvalue weighted by Crippen LogP contribution is -2.56. The Morgan fingerprint density at radius 2 is 1.66 bits per heavy atom. The van der Waals surface area contributed by atoms with Crippen molar-refractivity contribution in [3.63, 3.8) is 0 Å². The molecule has 2 heterocycles. The molecule has 35 heavy (non-hydrogen) atoms. The van der Waals surface area contributed by atoms with Crippen LogP contribution in [0.3, 0.4) is 0 Å². The number of thiophene rings is 1. The minimum Gasteiger partial charge on any atom is -0.481 e. The third-order valence-electron chi connectivity index (χ3n) is 7.00. The van der Waals surface area contributed by atoms with Gasteiger partial charge in [0.05, 0.1) is 5.92 Å². The van der Waals surface area contributed by atoms with Crippen LogP contribution < -0.4 is 5.32 Å². The number of benzene rings is 2. The lowest BCUT2D eigenvalue weighted by Gasteiger charge is -2.42. The maximum atomic E-state index is 13.2. The maximum Gasteiger partial charge on any atom is 0.408 e. The number of aliphatic carboxylic acids is 1. The number of likely N-dealkylation sites (tertiary alicyclic amines) is 1. The van der Waals surface area contributed by atoms with Gasteiger partial charge in [-0.1, -0.05) is 61.5 Å². The third kappa shape index (κ3) is 4.41. The van der Waals surface area contributed by atoms with Crippen LogP contribution in [0, 0.1) is 11.8 Å². The molecule has 0 bridgehead atoms. The Bertz CT molecular complexity index is 1210. The molecule has 2 atom stereocenters. The van der Waals surface area contributed by atoms with E-state index in [0.29, 0.717) is 18.0 Å². The van der Waals surface area contributed by atoms with Gasteiger partial charge < -0.3 is 20.1 Å². The van der Waals surface area contributed by atoms with E-state index in [-0.39, 0.29) is 24.3 Å². The number of hydrogen-bond acceptors (Lipinski definition) is 5. The molecule has 0 radical (unpaired) electrons. The number of carboxylic acid groups (broad SMARTS) is 1. The highest BCUT2D eigenvalue weighted by Crippen LogP contribution is 2.44. The highest BCUT2D eigenvalue weighted by Gasteiger charge is 2.40. The molecule has 2 amide bonds. The zero-order valence-electron chi connectivity index (χ0n) is 19.2. The van der Waals surface area contributed by atoms with Gasteiger partial charge in [0.15, 0.2) is 0 Å². The van der Waals surface area contributed by atoms with E-state index in [1.807, 2.05) is 35.7 Å². The molecule has 2 aliphatic rings. The molecule has 0 spiro atoms. The number of carboxylic acids is 1. The summed E-state index contributed by atoms with van der Waals surface area (Å²) in [5.74, 6) is -1.80. The van der Waals surface area contributed by atoms with Gasteiger partial charge in [0, 0.05) is 29.8 Å². The van der Waals surface area contributed by atoms with Crippen LogP contribution in [0.5, 0.6) is 0 Å². The molecule has 7 nitrogen and oxygen atoms in total. The molecule has 1 aromatic heterocycles. The van der Waals surface area contributed by atoms with Crippen molar-refractivity contribution in [2.75, 3.05) is 19.7 Å². The lowest BCUT2D eigenvalue weighted by molar-refractivity contribution is -0.151. The average molecular weight is 491 g/mol. The molecular formula is C27H26N2O5S. The summed E-state index contributed by atoms with van der Waals surface area (Å²) in [5.41, 5.74) is 4.52. The van der Waals surface area contributed by atoms with Gasteiger partial charge >= 0.3 is 12.1 Å². The van der Waals surface area contributed by atoms with E-state index in [2.05, 4.69) is 29.6 Å². The smallest absolute Gasteiger partial charge is 0.408 e. The van der Waals surface area contributed by atoms with E-state index in [1.165, 1.54) is 11.3 Å². The summed E-state index contributed by atoms with van der Waals surface area (Å²) in [5, 5.41) is 13.8. The molecule has 2 N–H and O–H groups in total. The summed E-state index contributed by atoms with van der Waals surface area (Å²) < 4.78 is 5.65. The SMILES string of the molecule is CC(C(=O)O)C1CN(C(=O)C(NC(=O)OCC2c3ccccc3-c3ccccc32)c2cccs2)C1. The second-order valence-corrected chi connectivity index (χ2v) is 10.0. The van der Waals surface area contributed by atoms with E-state index in [4.69, 9.17) is 4.74 Å². The Morgan fingerprint density at radius 1 is 1.03 bits per heavy atom. The van der Waals surface area contributed by atoms with Crippen molar-refractivity contribution >= 4 is 29.3 Å². The zero-order chi connectivity index (χ0) is 24.5. The first-order valence-electron chi connectivity index (χ1n) is 11.6. The fourth-order valence-electron chi connectivity index (χ4n) is 4.86. The molecule has 1 aliphatic heterocycles. The standard InChI is InChI=1S/C27H26N2O5S/c1-16(26(31)32)17-13-29(14-17)25(30)24(23-11-6-12-35-23)28-27(33)34-15-22-20-9-4-2-7-18(20)19-8-3-5-10-21(19)22/h2-12,16-17,22,24H,13-15H2,1H3,(H,28,33)(H,31,32). The van der Waals surface area contributed by atoms with Gasteiger partial charge in [-0.3, -0.25) is 9.59 Å². The number of fused-ring (bicyclic) bond motifs is 3. The monoisotopic (exact) mass is 490 g/mol. The van der Waals surface area contributed by atoms with Crippen LogP contribution in [0.1, 0.15) is 34.9 Å². The van der Waals surface area contributed by atoms with Crippen molar-refractivity contribution in [2.45, 2.75) is 18.9 Å². The summed E-state index contributed by atoms with van der Waals surface area (Å²) in [6, 6.07) is 19.0. The van der Waals surface area contributed by atoms with Crippen molar-refractivity contribution in [3.8, 4) is 11.1 Å². The van der Waals surface area contributed by atoms with Crippen LogP contribution in [0.2, 0.25) is 0 Å². The minimum absolute atomic E-state index is 0.0716. The summed E-state index contributed by atoms with van der Waals surface area (Å²) in [4.78, 5) is 39.6. The summed E-state index contributed by atoms with van der Waals surface area (Å²) in [6.45, 7) is 2.54. The van der Waals surface area contributed by atoms with Crippen LogP contribution in [-0.4, -0.2) is 47.7 Å². The van der Waals surface area contributed by atoms with Crippen molar-refractivity contribution in [1.82, 2.24) is 10.2 Å². The van der Waals surface area contributed by atoms with Crippen molar-refractivity contribution in [1.29, 1.82) is 0 Å². The number of amides is 2.